The topological polar surface area (TPSA) is 83.4 Å². The third-order valence-corrected chi connectivity index (χ3v) is 6.64. The Bertz CT molecular complexity index is 1280. The fraction of sp³-hybridized carbons (Fsp3) is 0.407. The van der Waals surface area contributed by atoms with Crippen LogP contribution in [-0.2, 0) is 4.79 Å². The van der Waals surface area contributed by atoms with Gasteiger partial charge in [-0.3, -0.25) is 19.9 Å². The molecule has 36 heavy (non-hydrogen) atoms. The van der Waals surface area contributed by atoms with E-state index in [0.717, 1.165) is 35.3 Å². The van der Waals surface area contributed by atoms with Crippen LogP contribution in [-0.4, -0.2) is 75.1 Å². The number of carbonyl (C=O) groups excluding carboxylic acids is 2. The maximum absolute atomic E-state index is 13.2. The molecule has 0 bridgehead atoms. The van der Waals surface area contributed by atoms with Crippen molar-refractivity contribution in [1.29, 1.82) is 0 Å². The van der Waals surface area contributed by atoms with Gasteiger partial charge in [-0.05, 0) is 58.1 Å². The lowest BCUT2D eigenvalue weighted by Gasteiger charge is -2.28. The number of nitrogens with one attached hydrogen (secondary N) is 1. The summed E-state index contributed by atoms with van der Waals surface area (Å²) in [5.74, 6) is 0.300. The molecule has 4 rings (SSSR count). The van der Waals surface area contributed by atoms with Crippen molar-refractivity contribution < 1.29 is 9.59 Å². The van der Waals surface area contributed by atoms with Crippen LogP contribution in [0.4, 0.5) is 5.95 Å². The number of thiol groups is 1. The number of pyridine rings is 1. The number of hydrogen-bond donors (Lipinski definition) is 2. The monoisotopic (exact) mass is 506 g/mol. The van der Waals surface area contributed by atoms with Crippen LogP contribution in [0.1, 0.15) is 40.5 Å². The molecular formula is C27H34N6O2S. The molecule has 2 aromatic heterocycles. The zero-order valence-electron chi connectivity index (χ0n) is 21.3. The van der Waals surface area contributed by atoms with Gasteiger partial charge >= 0.3 is 0 Å². The zero-order valence-corrected chi connectivity index (χ0v) is 22.2. The highest BCUT2D eigenvalue weighted by atomic mass is 32.1. The Morgan fingerprint density at radius 2 is 2.06 bits per heavy atom. The van der Waals surface area contributed by atoms with Crippen molar-refractivity contribution in [2.75, 3.05) is 39.0 Å². The summed E-state index contributed by atoms with van der Waals surface area (Å²) in [6.07, 6.45) is 7.00. The molecule has 0 fully saturated rings. The van der Waals surface area contributed by atoms with Crippen LogP contribution in [0.25, 0.3) is 11.0 Å². The van der Waals surface area contributed by atoms with E-state index >= 15 is 0 Å². The molecule has 1 N–H and O–H groups in total. The third kappa shape index (κ3) is 5.96. The average Bonchev–Trinajstić information content (AvgIpc) is 3.00. The molecule has 3 aromatic rings. The summed E-state index contributed by atoms with van der Waals surface area (Å²) in [5, 5.41) is 2.99. The number of anilines is 1. The number of carbonyl (C=O) groups is 2. The van der Waals surface area contributed by atoms with Crippen molar-refractivity contribution in [2.24, 2.45) is 0 Å². The van der Waals surface area contributed by atoms with Gasteiger partial charge in [0.2, 0.25) is 11.9 Å². The molecule has 2 amide bonds. The summed E-state index contributed by atoms with van der Waals surface area (Å²) < 4.78 is 2.05. The number of nitrogens with zero attached hydrogens (tertiary/aromatic N) is 5. The molecule has 0 aliphatic carbocycles. The van der Waals surface area contributed by atoms with E-state index < -0.39 is 0 Å². The lowest BCUT2D eigenvalue weighted by Crippen LogP contribution is -2.38. The van der Waals surface area contributed by atoms with Crippen molar-refractivity contribution in [3.8, 4) is 0 Å². The van der Waals surface area contributed by atoms with Crippen LogP contribution in [0.3, 0.4) is 0 Å². The number of amides is 2. The molecule has 8 nitrogen and oxygen atoms in total. The Labute approximate surface area is 217 Å². The van der Waals surface area contributed by atoms with E-state index in [0.29, 0.717) is 31.0 Å². The summed E-state index contributed by atoms with van der Waals surface area (Å²) in [5.41, 5.74) is 4.09. The quantitative estimate of drug-likeness (QED) is 0.375. The molecule has 190 valence electrons. The first kappa shape index (κ1) is 25.9. The Hall–Kier alpha value is -3.17. The summed E-state index contributed by atoms with van der Waals surface area (Å²) in [6.45, 7) is 5.77. The van der Waals surface area contributed by atoms with Gasteiger partial charge in [0.1, 0.15) is 0 Å². The van der Waals surface area contributed by atoms with E-state index in [1.807, 2.05) is 55.9 Å². The Morgan fingerprint density at radius 3 is 2.81 bits per heavy atom. The SMILES string of the molecule is Cc1cc(C(=O)Nc2nc3cccc(C)c3n2[C@@H]2C=CCCN(C(=O)C[C@@H](S)CN(C)C)C2)ccn1. The van der Waals surface area contributed by atoms with Crippen molar-refractivity contribution in [3.63, 3.8) is 0 Å². The average molecular weight is 507 g/mol. The molecule has 1 aliphatic rings. The van der Waals surface area contributed by atoms with E-state index in [2.05, 4.69) is 39.6 Å². The minimum absolute atomic E-state index is 0.0304. The van der Waals surface area contributed by atoms with Crippen LogP contribution < -0.4 is 5.32 Å². The van der Waals surface area contributed by atoms with E-state index in [1.54, 1.807) is 18.3 Å². The molecule has 0 unspecified atom stereocenters. The Kier molecular flexibility index (Phi) is 8.11. The first-order chi connectivity index (χ1) is 17.2. The normalized spacial score (nSPS) is 16.8. The highest BCUT2D eigenvalue weighted by Gasteiger charge is 2.26. The highest BCUT2D eigenvalue weighted by molar-refractivity contribution is 7.81. The second kappa shape index (κ2) is 11.3. The summed E-state index contributed by atoms with van der Waals surface area (Å²) in [4.78, 5) is 39.2. The van der Waals surface area contributed by atoms with Crippen LogP contribution >= 0.6 is 12.6 Å². The fourth-order valence-electron chi connectivity index (χ4n) is 4.67. The number of fused-ring (bicyclic) bond motifs is 1. The minimum atomic E-state index is -0.248. The maximum atomic E-state index is 13.2. The lowest BCUT2D eigenvalue weighted by molar-refractivity contribution is -0.131. The van der Waals surface area contributed by atoms with E-state index in [4.69, 9.17) is 4.98 Å². The Balaban J connectivity index is 1.66. The van der Waals surface area contributed by atoms with Gasteiger partial charge in [-0.1, -0.05) is 24.3 Å². The van der Waals surface area contributed by atoms with Crippen LogP contribution in [0.2, 0.25) is 0 Å². The molecule has 0 saturated heterocycles. The van der Waals surface area contributed by atoms with E-state index in [1.165, 1.54) is 0 Å². The van der Waals surface area contributed by atoms with Crippen LogP contribution in [0, 0.1) is 13.8 Å². The molecule has 1 aromatic carbocycles. The second-order valence-corrected chi connectivity index (χ2v) is 10.4. The van der Waals surface area contributed by atoms with Gasteiger partial charge in [0.05, 0.1) is 17.1 Å². The maximum Gasteiger partial charge on any atom is 0.258 e. The second-order valence-electron chi connectivity index (χ2n) is 9.63. The molecule has 3 heterocycles. The predicted molar refractivity (Wildman–Crippen MR) is 147 cm³/mol. The summed E-state index contributed by atoms with van der Waals surface area (Å²) in [6, 6.07) is 9.21. The molecule has 2 atom stereocenters. The van der Waals surface area contributed by atoms with Gasteiger partial charge in [-0.25, -0.2) is 4.98 Å². The fourth-order valence-corrected chi connectivity index (χ4v) is 5.15. The lowest BCUT2D eigenvalue weighted by atomic mass is 10.1. The first-order valence-electron chi connectivity index (χ1n) is 12.2. The number of benzene rings is 1. The number of aryl methyl sites for hydroxylation is 2. The number of para-hydroxylation sites is 1. The van der Waals surface area contributed by atoms with Crippen LogP contribution in [0.15, 0.2) is 48.7 Å². The number of imidazole rings is 1. The van der Waals surface area contributed by atoms with Crippen molar-refractivity contribution in [2.45, 2.75) is 38.0 Å². The summed E-state index contributed by atoms with van der Waals surface area (Å²) >= 11 is 4.62. The van der Waals surface area contributed by atoms with Gasteiger partial charge in [0.25, 0.3) is 5.91 Å². The van der Waals surface area contributed by atoms with Crippen molar-refractivity contribution in [1.82, 2.24) is 24.3 Å². The molecule has 1 aliphatic heterocycles. The standard InChI is InChI=1S/C27H34N6O2S/c1-18-8-7-10-23-25(18)33(27(29-23)30-26(35)20-11-12-28-19(2)14-20)21-9-5-6-13-32(16-21)24(34)15-22(36)17-31(3)4/h5,7-12,14,21-22,36H,6,13,15-17H2,1-4H3,(H,29,30,35)/t21-,22-/m1/s1. The van der Waals surface area contributed by atoms with Gasteiger partial charge in [0.15, 0.2) is 0 Å². The molecule has 0 radical (unpaired) electrons. The number of hydrogen-bond acceptors (Lipinski definition) is 6. The third-order valence-electron chi connectivity index (χ3n) is 6.30. The molecule has 0 spiro atoms. The Morgan fingerprint density at radius 1 is 1.25 bits per heavy atom. The predicted octanol–water partition coefficient (Wildman–Crippen LogP) is 3.88. The van der Waals surface area contributed by atoms with Gasteiger partial charge < -0.3 is 14.4 Å². The van der Waals surface area contributed by atoms with E-state index in [9.17, 15) is 9.59 Å². The van der Waals surface area contributed by atoms with Gasteiger partial charge in [-0.15, -0.1) is 0 Å². The first-order valence-corrected chi connectivity index (χ1v) is 12.7. The number of rotatable bonds is 7. The van der Waals surface area contributed by atoms with E-state index in [-0.39, 0.29) is 23.1 Å². The zero-order chi connectivity index (χ0) is 25.8. The van der Waals surface area contributed by atoms with Crippen molar-refractivity contribution in [3.05, 3.63) is 65.5 Å². The van der Waals surface area contributed by atoms with Crippen molar-refractivity contribution >= 4 is 41.4 Å². The number of aromatic nitrogens is 3. The van der Waals surface area contributed by atoms with Gasteiger partial charge in [-0.2, -0.15) is 12.6 Å². The van der Waals surface area contributed by atoms with Gasteiger partial charge in [0, 0.05) is 48.8 Å². The highest BCUT2D eigenvalue weighted by Crippen LogP contribution is 2.30. The smallest absolute Gasteiger partial charge is 0.258 e. The molecule has 0 saturated carbocycles. The molecule has 9 heteroatoms. The van der Waals surface area contributed by atoms with Crippen LogP contribution in [0.5, 0.6) is 0 Å². The minimum Gasteiger partial charge on any atom is -0.340 e. The molecular weight excluding hydrogens is 472 g/mol. The summed E-state index contributed by atoms with van der Waals surface area (Å²) in [7, 11) is 3.96. The largest absolute Gasteiger partial charge is 0.340 e.